The molecular formula is C17H15BrN2. The highest BCUT2D eigenvalue weighted by Crippen LogP contribution is 2.31. The van der Waals surface area contributed by atoms with Gasteiger partial charge in [-0.2, -0.15) is 0 Å². The second-order valence-corrected chi connectivity index (χ2v) is 5.64. The van der Waals surface area contributed by atoms with E-state index in [0.717, 1.165) is 10.2 Å². The first-order chi connectivity index (χ1) is 9.75. The second kappa shape index (κ2) is 5.63. The number of halogens is 1. The van der Waals surface area contributed by atoms with Gasteiger partial charge >= 0.3 is 0 Å². The SMILES string of the molecule is CC(Nc1ccc(Br)c2ccccc12)c1ccncc1. The van der Waals surface area contributed by atoms with E-state index in [2.05, 4.69) is 69.6 Å². The van der Waals surface area contributed by atoms with Crippen LogP contribution in [0.1, 0.15) is 18.5 Å². The van der Waals surface area contributed by atoms with Crippen molar-refractivity contribution in [2.24, 2.45) is 0 Å². The van der Waals surface area contributed by atoms with Gasteiger partial charge in [0, 0.05) is 34.0 Å². The average molecular weight is 327 g/mol. The molecule has 0 aliphatic rings. The first kappa shape index (κ1) is 13.1. The van der Waals surface area contributed by atoms with E-state index >= 15 is 0 Å². The molecule has 3 aromatic rings. The van der Waals surface area contributed by atoms with Gasteiger partial charge in [-0.15, -0.1) is 0 Å². The first-order valence-corrected chi connectivity index (χ1v) is 7.39. The summed E-state index contributed by atoms with van der Waals surface area (Å²) < 4.78 is 1.12. The highest BCUT2D eigenvalue weighted by molar-refractivity contribution is 9.10. The van der Waals surface area contributed by atoms with Gasteiger partial charge < -0.3 is 5.32 Å². The zero-order valence-corrected chi connectivity index (χ0v) is 12.8. The highest BCUT2D eigenvalue weighted by atomic mass is 79.9. The molecule has 3 heteroatoms. The molecule has 100 valence electrons. The Hall–Kier alpha value is -1.87. The Bertz CT molecular complexity index is 725. The number of rotatable bonds is 3. The number of nitrogens with zero attached hydrogens (tertiary/aromatic N) is 1. The molecular weight excluding hydrogens is 312 g/mol. The third kappa shape index (κ3) is 2.54. The highest BCUT2D eigenvalue weighted by Gasteiger charge is 2.08. The Kier molecular flexibility index (Phi) is 3.70. The van der Waals surface area contributed by atoms with E-state index in [9.17, 15) is 0 Å². The molecule has 0 fully saturated rings. The molecule has 0 amide bonds. The van der Waals surface area contributed by atoms with E-state index in [0.29, 0.717) is 0 Å². The number of fused-ring (bicyclic) bond motifs is 1. The van der Waals surface area contributed by atoms with E-state index in [1.54, 1.807) is 0 Å². The Morgan fingerprint density at radius 1 is 0.950 bits per heavy atom. The van der Waals surface area contributed by atoms with Crippen molar-refractivity contribution in [2.75, 3.05) is 5.32 Å². The summed E-state index contributed by atoms with van der Waals surface area (Å²) in [5.41, 5.74) is 2.38. The summed E-state index contributed by atoms with van der Waals surface area (Å²) in [5.74, 6) is 0. The van der Waals surface area contributed by atoms with Crippen molar-refractivity contribution in [3.05, 3.63) is 71.0 Å². The third-order valence-corrected chi connectivity index (χ3v) is 4.14. The van der Waals surface area contributed by atoms with Gasteiger partial charge in [0.1, 0.15) is 0 Å². The van der Waals surface area contributed by atoms with Crippen LogP contribution in [0.2, 0.25) is 0 Å². The molecule has 1 unspecified atom stereocenters. The Morgan fingerprint density at radius 2 is 1.65 bits per heavy atom. The standard InChI is InChI=1S/C17H15BrN2/c1-12(13-8-10-19-11-9-13)20-17-7-6-16(18)14-4-2-3-5-15(14)17/h2-12,20H,1H3. The van der Waals surface area contributed by atoms with Crippen LogP contribution in [0.5, 0.6) is 0 Å². The fraction of sp³-hybridized carbons (Fsp3) is 0.118. The molecule has 0 radical (unpaired) electrons. The van der Waals surface area contributed by atoms with Crippen LogP contribution in [0.4, 0.5) is 5.69 Å². The van der Waals surface area contributed by atoms with Crippen molar-refractivity contribution in [1.29, 1.82) is 0 Å². The molecule has 1 atom stereocenters. The molecule has 20 heavy (non-hydrogen) atoms. The van der Waals surface area contributed by atoms with Gasteiger partial charge in [0.15, 0.2) is 0 Å². The van der Waals surface area contributed by atoms with E-state index in [1.807, 2.05) is 24.5 Å². The van der Waals surface area contributed by atoms with E-state index in [-0.39, 0.29) is 6.04 Å². The summed E-state index contributed by atoms with van der Waals surface area (Å²) in [6, 6.07) is 16.9. The maximum atomic E-state index is 4.06. The zero-order chi connectivity index (χ0) is 13.9. The lowest BCUT2D eigenvalue weighted by atomic mass is 10.1. The van der Waals surface area contributed by atoms with Crippen molar-refractivity contribution in [2.45, 2.75) is 13.0 Å². The van der Waals surface area contributed by atoms with Gasteiger partial charge in [-0.25, -0.2) is 0 Å². The largest absolute Gasteiger partial charge is 0.378 e. The number of hydrogen-bond donors (Lipinski definition) is 1. The van der Waals surface area contributed by atoms with Crippen LogP contribution in [0.15, 0.2) is 65.4 Å². The zero-order valence-electron chi connectivity index (χ0n) is 11.2. The number of anilines is 1. The van der Waals surface area contributed by atoms with Crippen LogP contribution in [0.25, 0.3) is 10.8 Å². The van der Waals surface area contributed by atoms with Crippen molar-refractivity contribution in [3.8, 4) is 0 Å². The van der Waals surface area contributed by atoms with Crippen LogP contribution in [0.3, 0.4) is 0 Å². The normalized spacial score (nSPS) is 12.3. The number of pyridine rings is 1. The quantitative estimate of drug-likeness (QED) is 0.718. The molecule has 0 spiro atoms. The summed E-state index contributed by atoms with van der Waals surface area (Å²) in [7, 11) is 0. The maximum Gasteiger partial charge on any atom is 0.0486 e. The van der Waals surface area contributed by atoms with Crippen molar-refractivity contribution >= 4 is 32.4 Å². The maximum absolute atomic E-state index is 4.06. The fourth-order valence-corrected chi connectivity index (χ4v) is 2.83. The summed E-state index contributed by atoms with van der Waals surface area (Å²) in [6.07, 6.45) is 3.65. The third-order valence-electron chi connectivity index (χ3n) is 3.45. The Morgan fingerprint density at radius 3 is 2.40 bits per heavy atom. The molecule has 2 nitrogen and oxygen atoms in total. The number of nitrogens with one attached hydrogen (secondary N) is 1. The van der Waals surface area contributed by atoms with Gasteiger partial charge in [-0.1, -0.05) is 40.2 Å². The van der Waals surface area contributed by atoms with Crippen molar-refractivity contribution < 1.29 is 0 Å². The van der Waals surface area contributed by atoms with Gasteiger partial charge in [0.05, 0.1) is 0 Å². The predicted molar refractivity (Wildman–Crippen MR) is 87.9 cm³/mol. The monoisotopic (exact) mass is 326 g/mol. The lowest BCUT2D eigenvalue weighted by molar-refractivity contribution is 0.883. The summed E-state index contributed by atoms with van der Waals surface area (Å²) in [6.45, 7) is 2.16. The van der Waals surface area contributed by atoms with Crippen LogP contribution in [-0.4, -0.2) is 4.98 Å². The molecule has 0 saturated carbocycles. The van der Waals surface area contributed by atoms with Gasteiger partial charge in [0.2, 0.25) is 0 Å². The molecule has 0 aliphatic carbocycles. The molecule has 0 bridgehead atoms. The summed E-state index contributed by atoms with van der Waals surface area (Å²) >= 11 is 3.61. The molecule has 0 aliphatic heterocycles. The van der Waals surface area contributed by atoms with E-state index in [1.165, 1.54) is 16.3 Å². The minimum Gasteiger partial charge on any atom is -0.378 e. The van der Waals surface area contributed by atoms with Gasteiger partial charge in [-0.3, -0.25) is 4.98 Å². The lowest BCUT2D eigenvalue weighted by Crippen LogP contribution is -2.06. The topological polar surface area (TPSA) is 24.9 Å². The number of aromatic nitrogens is 1. The van der Waals surface area contributed by atoms with Crippen LogP contribution in [0, 0.1) is 0 Å². The molecule has 1 aromatic heterocycles. The Labute approximate surface area is 127 Å². The second-order valence-electron chi connectivity index (χ2n) is 4.79. The lowest BCUT2D eigenvalue weighted by Gasteiger charge is -2.17. The van der Waals surface area contributed by atoms with Crippen molar-refractivity contribution in [3.63, 3.8) is 0 Å². The van der Waals surface area contributed by atoms with E-state index < -0.39 is 0 Å². The number of hydrogen-bond acceptors (Lipinski definition) is 2. The molecule has 2 aromatic carbocycles. The summed E-state index contributed by atoms with van der Waals surface area (Å²) in [4.78, 5) is 4.06. The predicted octanol–water partition coefficient (Wildman–Crippen LogP) is 5.17. The van der Waals surface area contributed by atoms with Crippen LogP contribution >= 0.6 is 15.9 Å². The smallest absolute Gasteiger partial charge is 0.0486 e. The first-order valence-electron chi connectivity index (χ1n) is 6.59. The van der Waals surface area contributed by atoms with Crippen molar-refractivity contribution in [1.82, 2.24) is 4.98 Å². The minimum absolute atomic E-state index is 0.239. The molecule has 1 heterocycles. The van der Waals surface area contributed by atoms with Crippen LogP contribution in [-0.2, 0) is 0 Å². The summed E-state index contributed by atoms with van der Waals surface area (Å²) in [5, 5.41) is 6.03. The molecule has 1 N–H and O–H groups in total. The van der Waals surface area contributed by atoms with Gasteiger partial charge in [0.25, 0.3) is 0 Å². The van der Waals surface area contributed by atoms with E-state index in [4.69, 9.17) is 0 Å². The van der Waals surface area contributed by atoms with Gasteiger partial charge in [-0.05, 0) is 42.1 Å². The molecule has 3 rings (SSSR count). The number of benzene rings is 2. The average Bonchev–Trinajstić information content (AvgIpc) is 2.51. The molecule has 0 saturated heterocycles. The Balaban J connectivity index is 1.97. The van der Waals surface area contributed by atoms with Crippen LogP contribution < -0.4 is 5.32 Å². The minimum atomic E-state index is 0.239. The fourth-order valence-electron chi connectivity index (χ4n) is 2.36.